The standard InChI is InChI=1S/C21H21N3O4S/c25-20(18-11-10-16(28-18)14-27-15-6-2-1-3-7-15)22-23-21(26)24-12-4-8-17(24)19-9-5-13-29-19/h1-3,5-7,9-11,13,17H,4,8,12,14H2,(H,22,25)(H,23,26). The van der Waals surface area contributed by atoms with Gasteiger partial charge in [-0.25, -0.2) is 10.2 Å². The molecule has 150 valence electrons. The predicted octanol–water partition coefficient (Wildman–Crippen LogP) is 4.11. The summed E-state index contributed by atoms with van der Waals surface area (Å²) in [6.07, 6.45) is 1.86. The number of likely N-dealkylation sites (tertiary alicyclic amines) is 1. The van der Waals surface area contributed by atoms with Gasteiger partial charge in [-0.1, -0.05) is 24.3 Å². The highest BCUT2D eigenvalue weighted by Gasteiger charge is 2.30. The fourth-order valence-electron chi connectivity index (χ4n) is 3.28. The van der Waals surface area contributed by atoms with E-state index < -0.39 is 5.91 Å². The molecule has 0 bridgehead atoms. The van der Waals surface area contributed by atoms with E-state index in [0.717, 1.165) is 17.7 Å². The van der Waals surface area contributed by atoms with Crippen molar-refractivity contribution < 1.29 is 18.7 Å². The Hall–Kier alpha value is -3.26. The molecular weight excluding hydrogens is 390 g/mol. The van der Waals surface area contributed by atoms with Gasteiger partial charge in [-0.3, -0.25) is 10.2 Å². The second-order valence-corrected chi connectivity index (χ2v) is 7.60. The maximum Gasteiger partial charge on any atom is 0.336 e. The van der Waals surface area contributed by atoms with Crippen LogP contribution in [0.25, 0.3) is 0 Å². The van der Waals surface area contributed by atoms with Gasteiger partial charge in [0.25, 0.3) is 0 Å². The monoisotopic (exact) mass is 411 g/mol. The van der Waals surface area contributed by atoms with Crippen LogP contribution in [-0.4, -0.2) is 23.4 Å². The lowest BCUT2D eigenvalue weighted by Gasteiger charge is -2.24. The van der Waals surface area contributed by atoms with Crippen LogP contribution >= 0.6 is 11.3 Å². The highest BCUT2D eigenvalue weighted by atomic mass is 32.1. The number of nitrogens with one attached hydrogen (secondary N) is 2. The summed E-state index contributed by atoms with van der Waals surface area (Å²) in [5.41, 5.74) is 4.90. The van der Waals surface area contributed by atoms with Crippen molar-refractivity contribution in [1.82, 2.24) is 15.8 Å². The molecule has 1 fully saturated rings. The molecule has 7 nitrogen and oxygen atoms in total. The number of thiophene rings is 1. The summed E-state index contributed by atoms with van der Waals surface area (Å²) in [5, 5.41) is 2.00. The van der Waals surface area contributed by atoms with E-state index in [1.807, 2.05) is 47.8 Å². The van der Waals surface area contributed by atoms with Crippen molar-refractivity contribution in [3.8, 4) is 5.75 Å². The first-order chi connectivity index (χ1) is 14.2. The van der Waals surface area contributed by atoms with Gasteiger partial charge in [0, 0.05) is 11.4 Å². The maximum atomic E-state index is 12.5. The number of furan rings is 1. The number of ether oxygens (including phenoxy) is 1. The molecule has 8 heteroatoms. The van der Waals surface area contributed by atoms with Crippen LogP contribution in [0.4, 0.5) is 4.79 Å². The molecule has 1 saturated heterocycles. The minimum atomic E-state index is -0.517. The van der Waals surface area contributed by atoms with Crippen LogP contribution in [-0.2, 0) is 6.61 Å². The first-order valence-electron chi connectivity index (χ1n) is 9.37. The molecule has 1 aliphatic heterocycles. The third kappa shape index (κ3) is 4.60. The van der Waals surface area contributed by atoms with E-state index in [4.69, 9.17) is 9.15 Å². The normalized spacial score (nSPS) is 15.9. The topological polar surface area (TPSA) is 83.8 Å². The number of hydrogen-bond acceptors (Lipinski definition) is 5. The number of hydrogen-bond donors (Lipinski definition) is 2. The van der Waals surface area contributed by atoms with Crippen molar-refractivity contribution in [1.29, 1.82) is 0 Å². The van der Waals surface area contributed by atoms with Gasteiger partial charge in [0.05, 0.1) is 6.04 Å². The number of carbonyl (C=O) groups is 2. The molecule has 0 spiro atoms. The molecule has 0 radical (unpaired) electrons. The van der Waals surface area contributed by atoms with Gasteiger partial charge in [0.1, 0.15) is 18.1 Å². The van der Waals surface area contributed by atoms with Crippen LogP contribution in [0.1, 0.15) is 40.1 Å². The number of hydrazine groups is 1. The molecule has 3 aromatic rings. The summed E-state index contributed by atoms with van der Waals surface area (Å²) in [6.45, 7) is 0.867. The van der Waals surface area contributed by atoms with E-state index in [0.29, 0.717) is 18.1 Å². The lowest BCUT2D eigenvalue weighted by atomic mass is 10.2. The number of urea groups is 1. The quantitative estimate of drug-likeness (QED) is 0.619. The minimum Gasteiger partial charge on any atom is -0.486 e. The first-order valence-corrected chi connectivity index (χ1v) is 10.3. The molecule has 3 amide bonds. The molecule has 1 aromatic carbocycles. The Kier molecular flexibility index (Phi) is 5.81. The van der Waals surface area contributed by atoms with Crippen LogP contribution in [0.15, 0.2) is 64.4 Å². The van der Waals surface area contributed by atoms with Gasteiger partial charge in [0.15, 0.2) is 5.76 Å². The third-order valence-electron chi connectivity index (χ3n) is 4.68. The zero-order chi connectivity index (χ0) is 20.1. The molecule has 1 unspecified atom stereocenters. The van der Waals surface area contributed by atoms with E-state index in [9.17, 15) is 9.59 Å². The average molecular weight is 411 g/mol. The first kappa shape index (κ1) is 19.1. The largest absolute Gasteiger partial charge is 0.486 e. The Bertz CT molecular complexity index is 955. The van der Waals surface area contributed by atoms with Gasteiger partial charge in [-0.2, -0.15) is 0 Å². The van der Waals surface area contributed by atoms with Gasteiger partial charge in [0.2, 0.25) is 0 Å². The molecule has 2 aromatic heterocycles. The summed E-state index contributed by atoms with van der Waals surface area (Å²) < 4.78 is 11.1. The number of benzene rings is 1. The van der Waals surface area contributed by atoms with Gasteiger partial charge in [-0.15, -0.1) is 11.3 Å². The number of carbonyl (C=O) groups excluding carboxylic acids is 2. The Morgan fingerprint density at radius 3 is 2.76 bits per heavy atom. The summed E-state index contributed by atoms with van der Waals surface area (Å²) in [7, 11) is 0. The van der Waals surface area contributed by atoms with Crippen molar-refractivity contribution in [3.63, 3.8) is 0 Å². The van der Waals surface area contributed by atoms with Gasteiger partial charge in [-0.05, 0) is 48.6 Å². The molecule has 4 rings (SSSR count). The van der Waals surface area contributed by atoms with E-state index in [2.05, 4.69) is 10.9 Å². The molecule has 3 heterocycles. The Morgan fingerprint density at radius 1 is 1.10 bits per heavy atom. The van der Waals surface area contributed by atoms with Crippen LogP contribution < -0.4 is 15.6 Å². The van der Waals surface area contributed by atoms with Crippen molar-refractivity contribution in [3.05, 3.63) is 76.4 Å². The number of rotatable bonds is 5. The predicted molar refractivity (Wildman–Crippen MR) is 108 cm³/mol. The van der Waals surface area contributed by atoms with Crippen LogP contribution in [0.5, 0.6) is 5.75 Å². The summed E-state index contributed by atoms with van der Waals surface area (Å²) in [5.74, 6) is 0.820. The van der Waals surface area contributed by atoms with Crippen molar-refractivity contribution in [2.75, 3.05) is 6.54 Å². The lowest BCUT2D eigenvalue weighted by Crippen LogP contribution is -2.48. The van der Waals surface area contributed by atoms with Crippen LogP contribution in [0.2, 0.25) is 0 Å². The zero-order valence-electron chi connectivity index (χ0n) is 15.7. The Labute approximate surface area is 172 Å². The SMILES string of the molecule is O=C(NNC(=O)N1CCCC1c1cccs1)c1ccc(COc2ccccc2)o1. The number of amides is 3. The second kappa shape index (κ2) is 8.83. The molecule has 1 atom stereocenters. The number of para-hydroxylation sites is 1. The molecule has 0 aliphatic carbocycles. The van der Waals surface area contributed by atoms with Gasteiger partial charge >= 0.3 is 11.9 Å². The summed E-state index contributed by atoms with van der Waals surface area (Å²) in [4.78, 5) is 27.7. The summed E-state index contributed by atoms with van der Waals surface area (Å²) >= 11 is 1.63. The van der Waals surface area contributed by atoms with Crippen molar-refractivity contribution in [2.24, 2.45) is 0 Å². The fraction of sp³-hybridized carbons (Fsp3) is 0.238. The smallest absolute Gasteiger partial charge is 0.336 e. The fourth-order valence-corrected chi connectivity index (χ4v) is 4.15. The van der Waals surface area contributed by atoms with E-state index in [1.54, 1.807) is 28.4 Å². The Morgan fingerprint density at radius 2 is 1.97 bits per heavy atom. The van der Waals surface area contributed by atoms with Gasteiger partial charge < -0.3 is 14.1 Å². The molecular formula is C21H21N3O4S. The minimum absolute atomic E-state index is 0.0530. The molecule has 0 saturated carbocycles. The number of nitrogens with zero attached hydrogens (tertiary/aromatic N) is 1. The molecule has 29 heavy (non-hydrogen) atoms. The Balaban J connectivity index is 1.28. The average Bonchev–Trinajstić information content (AvgIpc) is 3.51. The van der Waals surface area contributed by atoms with Crippen LogP contribution in [0.3, 0.4) is 0 Å². The van der Waals surface area contributed by atoms with Crippen LogP contribution in [0, 0.1) is 0 Å². The van der Waals surface area contributed by atoms with E-state index in [-0.39, 0.29) is 24.4 Å². The van der Waals surface area contributed by atoms with E-state index in [1.165, 1.54) is 0 Å². The molecule has 2 N–H and O–H groups in total. The third-order valence-corrected chi connectivity index (χ3v) is 5.65. The van der Waals surface area contributed by atoms with Crippen molar-refractivity contribution >= 4 is 23.3 Å². The highest BCUT2D eigenvalue weighted by molar-refractivity contribution is 7.10. The maximum absolute atomic E-state index is 12.5. The summed E-state index contributed by atoms with van der Waals surface area (Å²) in [6, 6.07) is 16.3. The van der Waals surface area contributed by atoms with Crippen molar-refractivity contribution in [2.45, 2.75) is 25.5 Å². The highest BCUT2D eigenvalue weighted by Crippen LogP contribution is 2.34. The zero-order valence-corrected chi connectivity index (χ0v) is 16.5. The second-order valence-electron chi connectivity index (χ2n) is 6.62. The molecule has 1 aliphatic rings. The van der Waals surface area contributed by atoms with E-state index >= 15 is 0 Å². The lowest BCUT2D eigenvalue weighted by molar-refractivity contribution is 0.0897.